The van der Waals surface area contributed by atoms with E-state index in [-0.39, 0.29) is 169 Å². The molecule has 9 heterocycles. The minimum absolute atomic E-state index is 0. The van der Waals surface area contributed by atoms with Gasteiger partial charge in [-0.05, 0) is 184 Å². The van der Waals surface area contributed by atoms with Crippen LogP contribution < -0.4 is 80.5 Å². The minimum atomic E-state index is -1.12. The summed E-state index contributed by atoms with van der Waals surface area (Å²) in [5.41, 5.74) is 34.7. The number of carbonyl (C=O) groups excluding carboxylic acids is 2. The molecule has 0 aliphatic carbocycles. The molecule has 678 valence electrons. The topological polar surface area (TPSA) is 433 Å². The first-order chi connectivity index (χ1) is 60.2. The number of nitrogen functional groups attached to an aromatic ring is 4. The molecule has 15 rings (SSSR count). The van der Waals surface area contributed by atoms with Crippen LogP contribution in [0.3, 0.4) is 0 Å². The molecule has 1 saturated heterocycles. The van der Waals surface area contributed by atoms with Gasteiger partial charge in [0.2, 0.25) is 22.2 Å². The molecule has 41 heteroatoms. The van der Waals surface area contributed by atoms with Gasteiger partial charge in [0, 0.05) is 123 Å². The van der Waals surface area contributed by atoms with Gasteiger partial charge in [-0.3, -0.25) is 28.8 Å². The Morgan fingerprint density at radius 3 is 1.05 bits per heavy atom. The fraction of sp³-hybridized carbons (Fsp3) is 0.165. The zero-order valence-corrected chi connectivity index (χ0v) is 70.8. The van der Waals surface area contributed by atoms with Crippen LogP contribution in [-0.4, -0.2) is 105 Å². The SMILES string of the molecule is C.C.C.Cn1cc(-c2nc(C#N)c(N)nc2-c2ccc(F)cc2)ccc1=O.Cn1cc(-c2nc(CN)c(N)nc2-c2ccc(F)cc2)ccc1=O.Cn1cc(-c2nc(CNC(=O)c3c(F)cccc3F)c(N)nc2-c2ccc(F)cc2)ccc1=O.Cn1cc(B2OC(C)(C)C(C)(C)O2)ccc1=O.N#Cc1nc(Cl)c(-c2ccc(F)cc2)nc1N.O=C(Cl)c1c(F)cccc1F.[AlH3].[H-].[Li+]. The second-order valence-electron chi connectivity index (χ2n) is 28.5. The van der Waals surface area contributed by atoms with E-state index in [2.05, 4.69) is 45.2 Å². The van der Waals surface area contributed by atoms with Crippen LogP contribution in [0.2, 0.25) is 5.15 Å². The molecule has 1 amide bonds. The third-order valence-electron chi connectivity index (χ3n) is 19.2. The fourth-order valence-electron chi connectivity index (χ4n) is 11.7. The Kier molecular flexibility index (Phi) is 38.9. The van der Waals surface area contributed by atoms with E-state index in [1.807, 2.05) is 33.8 Å². The van der Waals surface area contributed by atoms with Crippen molar-refractivity contribution >= 4 is 87.6 Å². The molecule has 132 heavy (non-hydrogen) atoms. The van der Waals surface area contributed by atoms with Crippen LogP contribution in [0.25, 0.3) is 78.8 Å². The number of nitrogens with zero attached hydrogens (tertiary/aromatic N) is 14. The molecule has 1 aliphatic rings. The molecule has 8 aromatic heterocycles. The van der Waals surface area contributed by atoms with E-state index in [4.69, 9.17) is 71.7 Å². The average Bonchev–Trinajstić information content (AvgIpc) is 1.72. The number of benzene rings is 6. The van der Waals surface area contributed by atoms with Crippen molar-refractivity contribution in [2.45, 2.75) is 74.3 Å². The van der Waals surface area contributed by atoms with Crippen molar-refractivity contribution in [1.29, 1.82) is 10.5 Å². The number of amides is 1. The van der Waals surface area contributed by atoms with Gasteiger partial charge >= 0.3 is 26.0 Å². The maximum absolute atomic E-state index is 13.9. The molecule has 0 bridgehead atoms. The van der Waals surface area contributed by atoms with E-state index in [0.29, 0.717) is 84.5 Å². The maximum atomic E-state index is 13.9. The molecule has 1 fully saturated rings. The van der Waals surface area contributed by atoms with E-state index >= 15 is 0 Å². The number of halogens is 10. The number of aromatic nitrogens is 12. The molecule has 0 unspecified atom stereocenters. The number of nitrogens with two attached hydrogens (primary N) is 5. The molecule has 0 spiro atoms. The van der Waals surface area contributed by atoms with Crippen molar-refractivity contribution in [3.8, 4) is 90.9 Å². The monoisotopic (exact) mass is 1860 g/mol. The molecule has 0 atom stereocenters. The number of nitriles is 2. The van der Waals surface area contributed by atoms with Gasteiger partial charge in [-0.2, -0.15) is 10.5 Å². The smallest absolute Gasteiger partial charge is 1.00 e. The summed E-state index contributed by atoms with van der Waals surface area (Å²) in [6.45, 7) is 7.91. The summed E-state index contributed by atoms with van der Waals surface area (Å²) in [6.07, 6.45) is 6.56. The molecular weight excluding hydrogens is 1770 g/mol. The number of carbonyl (C=O) groups is 2. The first kappa shape index (κ1) is 108. The van der Waals surface area contributed by atoms with Gasteiger partial charge in [0.1, 0.15) is 92.8 Å². The quantitative estimate of drug-likeness (QED) is 0.0355. The van der Waals surface area contributed by atoms with Crippen LogP contribution in [0.5, 0.6) is 0 Å². The first-order valence-corrected chi connectivity index (χ1v) is 38.2. The summed E-state index contributed by atoms with van der Waals surface area (Å²) in [6, 6.07) is 44.9. The number of anilines is 4. The third kappa shape index (κ3) is 26.6. The van der Waals surface area contributed by atoms with Crippen LogP contribution >= 0.6 is 23.2 Å². The van der Waals surface area contributed by atoms with Crippen molar-refractivity contribution in [3.05, 3.63) is 334 Å². The van der Waals surface area contributed by atoms with Gasteiger partial charge in [0.25, 0.3) is 11.1 Å². The predicted octanol–water partition coefficient (Wildman–Crippen LogP) is 10.5. The average molecular weight is 1860 g/mol. The summed E-state index contributed by atoms with van der Waals surface area (Å²) < 4.78 is 123. The zero-order valence-electron chi connectivity index (χ0n) is 70.3. The van der Waals surface area contributed by atoms with Crippen LogP contribution in [0.1, 0.15) is 94.9 Å². The molecule has 0 saturated carbocycles. The van der Waals surface area contributed by atoms with Gasteiger partial charge < -0.3 is 63.0 Å². The zero-order chi connectivity index (χ0) is 92.6. The van der Waals surface area contributed by atoms with E-state index in [9.17, 15) is 63.9 Å². The Labute approximate surface area is 786 Å². The van der Waals surface area contributed by atoms with Gasteiger partial charge in [0.05, 0.1) is 57.6 Å². The molecule has 0 radical (unpaired) electrons. The molecule has 11 N–H and O–H groups in total. The van der Waals surface area contributed by atoms with Crippen molar-refractivity contribution in [1.82, 2.24) is 63.5 Å². The Morgan fingerprint density at radius 1 is 0.424 bits per heavy atom. The molecule has 1 aliphatic heterocycles. The third-order valence-corrected chi connectivity index (χ3v) is 19.6. The summed E-state index contributed by atoms with van der Waals surface area (Å²) in [7, 11) is 6.14. The van der Waals surface area contributed by atoms with E-state index in [1.54, 1.807) is 108 Å². The second kappa shape index (κ2) is 47.4. The molecule has 28 nitrogen and oxygen atoms in total. The van der Waals surface area contributed by atoms with Gasteiger partial charge in [0.15, 0.2) is 45.5 Å². The largest absolute Gasteiger partial charge is 1.00 e. The number of nitrogens with one attached hydrogen (secondary N) is 1. The van der Waals surface area contributed by atoms with E-state index in [1.165, 1.54) is 115 Å². The van der Waals surface area contributed by atoms with Gasteiger partial charge in [-0.1, -0.05) is 52.1 Å². The Balaban J connectivity index is 0.000000340. The number of hydrogen-bond donors (Lipinski definition) is 6. The Bertz CT molecular complexity index is 6810. The predicted molar refractivity (Wildman–Crippen MR) is 494 cm³/mol. The minimum Gasteiger partial charge on any atom is -1.00 e. The van der Waals surface area contributed by atoms with E-state index < -0.39 is 58.5 Å². The number of pyridine rings is 4. The standard InChI is InChI=1S/C24H18F3N5O2.C17H16FN5O.C17H12FN5O.C12H18BNO3.C11H6ClFN4.C7H3ClF2O.3CH4.Al.Li.4H/c1-32-12-14(7-10-19(32)33)22-21(13-5-8-15(25)9-6-13)31-23(28)18(30-22)11-29-24(34)20-16(26)3-2-4-17(20)27;2*1-23-9-11(4-7-14(23)24)16-15(10-2-5-12(18)6-3-10)22-17(20)13(8-19)21-16;1-11(2)12(3,4)17-13(16-11)9-6-7-10(15)14(5)8-9;12-10-9(6-1-3-7(13)4-2-6)17-11(15)8(5-14)16-10;8-7(11)6-4(9)2-1-3-5(6)10;;;;;;;;;/h2-10,12H,11H2,1H3,(H2,28,31)(H,29,34);2-7,9H,8,19H2,1H3,(H2,20,22);2-7,9H,1H3,(H2,20,22);6-8H,1-5H3;1-4H,(H2,15,17);1-3H;3*1H4;;;;;;/q;;;;;;;;;;+1;;;;-1. The van der Waals surface area contributed by atoms with Crippen LogP contribution in [0, 0.1) is 69.2 Å². The van der Waals surface area contributed by atoms with Crippen molar-refractivity contribution < 1.29 is 74.3 Å². The second-order valence-corrected chi connectivity index (χ2v) is 29.2. The van der Waals surface area contributed by atoms with Crippen molar-refractivity contribution in [2.24, 2.45) is 33.9 Å². The Hall–Kier alpha value is -14.1. The van der Waals surface area contributed by atoms with Gasteiger partial charge in [-0.15, -0.1) is 0 Å². The number of hydrogen-bond acceptors (Lipinski definition) is 23. The summed E-state index contributed by atoms with van der Waals surface area (Å²) >= 11 is 10.8. The first-order valence-electron chi connectivity index (χ1n) is 37.5. The Morgan fingerprint density at radius 2 is 0.712 bits per heavy atom. The van der Waals surface area contributed by atoms with Crippen molar-refractivity contribution in [3.63, 3.8) is 0 Å². The summed E-state index contributed by atoms with van der Waals surface area (Å²) in [5.74, 6) is -6.22. The summed E-state index contributed by atoms with van der Waals surface area (Å²) in [4.78, 5) is 103. The van der Waals surface area contributed by atoms with Crippen LogP contribution in [-0.2, 0) is 50.6 Å². The van der Waals surface area contributed by atoms with Crippen LogP contribution in [0.4, 0.5) is 58.4 Å². The van der Waals surface area contributed by atoms with Crippen LogP contribution in [0.15, 0.2) is 226 Å². The molecule has 6 aromatic carbocycles. The number of aryl methyl sites for hydroxylation is 4. The van der Waals surface area contributed by atoms with Crippen molar-refractivity contribution in [2.75, 3.05) is 22.9 Å². The van der Waals surface area contributed by atoms with E-state index in [0.717, 1.165) is 41.9 Å². The van der Waals surface area contributed by atoms with Gasteiger partial charge in [-0.25, -0.2) is 75.0 Å². The normalized spacial score (nSPS) is 11.5. The molecule has 14 aromatic rings. The maximum Gasteiger partial charge on any atom is 1.00 e. The summed E-state index contributed by atoms with van der Waals surface area (Å²) in [5, 5.41) is 19.2. The fourth-order valence-corrected chi connectivity index (χ4v) is 12.1. The number of rotatable bonds is 13. The molecular formula is C91H89AlBCl2F8LiN20O8.